The van der Waals surface area contributed by atoms with E-state index in [0.717, 1.165) is 86.2 Å². The Hall–Kier alpha value is -5.26. The molecule has 10 nitrogen and oxygen atoms in total. The Morgan fingerprint density at radius 3 is 2.18 bits per heavy atom. The highest BCUT2D eigenvalue weighted by Gasteiger charge is 2.44. The molecule has 0 saturated heterocycles. The molecule has 62 heavy (non-hydrogen) atoms. The number of para-hydroxylation sites is 1. The van der Waals surface area contributed by atoms with Gasteiger partial charge in [-0.15, -0.1) is 0 Å². The van der Waals surface area contributed by atoms with Crippen LogP contribution in [0.25, 0.3) is 0 Å². The second-order valence-corrected chi connectivity index (χ2v) is 19.1. The van der Waals surface area contributed by atoms with Gasteiger partial charge >= 0.3 is 11.9 Å². The minimum atomic E-state index is -4.40. The number of methoxy groups -OCH3 is 2. The lowest BCUT2D eigenvalue weighted by atomic mass is 9.80. The van der Waals surface area contributed by atoms with Gasteiger partial charge < -0.3 is 19.7 Å². The van der Waals surface area contributed by atoms with E-state index in [1.165, 1.54) is 54.0 Å². The van der Waals surface area contributed by atoms with Crippen molar-refractivity contribution >= 4 is 44.8 Å². The van der Waals surface area contributed by atoms with Crippen molar-refractivity contribution in [3.05, 3.63) is 130 Å². The first-order chi connectivity index (χ1) is 29.6. The molecule has 330 valence electrons. The molecular weight excluding hydrogens is 799 g/mol. The molecule has 3 aromatic carbocycles. The maximum atomic E-state index is 12.3. The Morgan fingerprint density at radius 2 is 1.50 bits per heavy atom. The Bertz CT molecular complexity index is 2420. The molecule has 0 bridgehead atoms. The van der Waals surface area contributed by atoms with Crippen LogP contribution in [0.3, 0.4) is 0 Å². The summed E-state index contributed by atoms with van der Waals surface area (Å²) >= 11 is 0. The van der Waals surface area contributed by atoms with E-state index in [0.29, 0.717) is 25.8 Å². The lowest BCUT2D eigenvalue weighted by molar-refractivity contribution is -0.438. The average Bonchev–Trinajstić information content (AvgIpc) is 3.59. The van der Waals surface area contributed by atoms with Gasteiger partial charge in [0.25, 0.3) is 10.1 Å². The standard InChI is InChI=1S/C51H63N3O7S/c1-36-24-28-43-41(34-36)50(2,3)45(53(43)32-15-9-13-22-47(55)60-6)30-25-37-18-17-19-38(49(37)52-39-20-11-8-12-21-39)26-31-46-51(4,5)42-35-40(62(57,58)59)27-29-44(42)54(46)33-16-10-14-23-48(56)61-7/h8,11-12,20-21,24-31,34-35H,9-10,13-19,22-23,32-33H2,1-7H3,(H,57,58,59)/p+1/b38-26+,46-31+. The molecule has 0 radical (unpaired) electrons. The normalized spacial score (nSPS) is 18.2. The van der Waals surface area contributed by atoms with Gasteiger partial charge in [-0.25, -0.2) is 0 Å². The average molecular weight is 863 g/mol. The number of hydrogen-bond acceptors (Lipinski definition) is 8. The van der Waals surface area contributed by atoms with Gasteiger partial charge in [-0.05, 0) is 125 Å². The molecule has 0 spiro atoms. The summed E-state index contributed by atoms with van der Waals surface area (Å²) in [4.78, 5) is 25.7. The molecule has 0 saturated carbocycles. The lowest BCUT2D eigenvalue weighted by Crippen LogP contribution is -2.28. The Morgan fingerprint density at radius 1 is 0.806 bits per heavy atom. The lowest BCUT2D eigenvalue weighted by Gasteiger charge is -2.28. The summed E-state index contributed by atoms with van der Waals surface area (Å²) in [6.07, 6.45) is 17.6. The molecule has 6 rings (SSSR count). The topological polar surface area (TPSA) is 125 Å². The van der Waals surface area contributed by atoms with E-state index in [-0.39, 0.29) is 22.2 Å². The van der Waals surface area contributed by atoms with E-state index >= 15 is 0 Å². The highest BCUT2D eigenvalue weighted by Crippen LogP contribution is 2.49. The third-order valence-electron chi connectivity index (χ3n) is 12.7. The number of benzene rings is 3. The second-order valence-electron chi connectivity index (χ2n) is 17.7. The van der Waals surface area contributed by atoms with Crippen molar-refractivity contribution in [2.24, 2.45) is 0 Å². The molecule has 0 fully saturated rings. The van der Waals surface area contributed by atoms with Gasteiger partial charge in [-0.3, -0.25) is 14.1 Å². The first-order valence-corrected chi connectivity index (χ1v) is 23.4. The van der Waals surface area contributed by atoms with Gasteiger partial charge in [-0.2, -0.15) is 13.0 Å². The number of carbonyl (C=O) groups is 2. The van der Waals surface area contributed by atoms with Crippen LogP contribution in [0.1, 0.15) is 115 Å². The molecule has 0 aromatic heterocycles. The van der Waals surface area contributed by atoms with Crippen LogP contribution in [0.5, 0.6) is 0 Å². The van der Waals surface area contributed by atoms with Crippen LogP contribution in [0.4, 0.5) is 17.1 Å². The molecule has 0 atom stereocenters. The highest BCUT2D eigenvalue weighted by atomic mass is 32.2. The van der Waals surface area contributed by atoms with E-state index in [9.17, 15) is 22.6 Å². The van der Waals surface area contributed by atoms with Crippen LogP contribution in [-0.4, -0.2) is 62.5 Å². The van der Waals surface area contributed by atoms with Crippen molar-refractivity contribution in [2.75, 3.05) is 37.5 Å². The fourth-order valence-corrected chi connectivity index (χ4v) is 9.67. The van der Waals surface area contributed by atoms with Gasteiger partial charge in [0, 0.05) is 71.7 Å². The minimum absolute atomic E-state index is 0.124. The smallest absolute Gasteiger partial charge is 0.305 e. The van der Waals surface area contributed by atoms with Crippen LogP contribution in [0.15, 0.2) is 118 Å². The van der Waals surface area contributed by atoms with Crippen molar-refractivity contribution in [3.63, 3.8) is 0 Å². The van der Waals surface area contributed by atoms with E-state index < -0.39 is 15.5 Å². The Kier molecular flexibility index (Phi) is 14.8. The number of fused-ring (bicyclic) bond motifs is 2. The zero-order chi connectivity index (χ0) is 44.7. The fraction of sp³-hybridized carbons (Fsp3) is 0.431. The number of esters is 2. The van der Waals surface area contributed by atoms with Gasteiger partial charge in [-0.1, -0.05) is 62.2 Å². The molecule has 11 heteroatoms. The molecule has 2 heterocycles. The summed E-state index contributed by atoms with van der Waals surface area (Å²) < 4.78 is 46.7. The van der Waals surface area contributed by atoms with Crippen LogP contribution >= 0.6 is 0 Å². The first kappa shape index (κ1) is 46.2. The van der Waals surface area contributed by atoms with E-state index in [2.05, 4.69) is 104 Å². The Balaban J connectivity index is 1.39. The summed E-state index contributed by atoms with van der Waals surface area (Å²) in [6.45, 7) is 12.5. The quantitative estimate of drug-likeness (QED) is 0.0556. The molecule has 2 N–H and O–H groups in total. The fourth-order valence-electron chi connectivity index (χ4n) is 9.17. The van der Waals surface area contributed by atoms with Crippen LogP contribution < -0.4 is 10.2 Å². The molecule has 3 aliphatic rings. The number of unbranched alkanes of at least 4 members (excludes halogenated alkanes) is 4. The Labute approximate surface area is 368 Å². The molecular formula is C51H64N3O7S+. The number of allylic oxidation sites excluding steroid dienone is 7. The molecule has 0 amide bonds. The van der Waals surface area contributed by atoms with Crippen LogP contribution in [0, 0.1) is 6.92 Å². The summed E-state index contributed by atoms with van der Waals surface area (Å²) in [5, 5.41) is 3.81. The summed E-state index contributed by atoms with van der Waals surface area (Å²) in [5.74, 6) is -0.384. The predicted octanol–water partition coefficient (Wildman–Crippen LogP) is 10.8. The van der Waals surface area contributed by atoms with E-state index in [1.54, 1.807) is 12.1 Å². The number of ether oxygens (including phenoxy) is 2. The first-order valence-electron chi connectivity index (χ1n) is 22.0. The van der Waals surface area contributed by atoms with E-state index in [1.807, 2.05) is 18.2 Å². The summed E-state index contributed by atoms with van der Waals surface area (Å²) in [7, 11) is -1.56. The number of rotatable bonds is 18. The maximum absolute atomic E-state index is 12.3. The molecule has 2 aliphatic heterocycles. The number of nitrogens with one attached hydrogen (secondary N) is 1. The van der Waals surface area contributed by atoms with Gasteiger partial charge in [0.2, 0.25) is 5.69 Å². The molecule has 1 aliphatic carbocycles. The minimum Gasteiger partial charge on any atom is -0.469 e. The van der Waals surface area contributed by atoms with Crippen LogP contribution in [0.2, 0.25) is 0 Å². The van der Waals surface area contributed by atoms with E-state index in [4.69, 9.17) is 9.47 Å². The van der Waals surface area contributed by atoms with Crippen LogP contribution in [-0.2, 0) is 40.0 Å². The number of anilines is 2. The molecule has 0 unspecified atom stereocenters. The largest absolute Gasteiger partial charge is 0.469 e. The van der Waals surface area contributed by atoms with Crippen molar-refractivity contribution in [3.8, 4) is 0 Å². The van der Waals surface area contributed by atoms with Gasteiger partial charge in [0.15, 0.2) is 5.71 Å². The predicted molar refractivity (Wildman–Crippen MR) is 248 cm³/mol. The number of nitrogens with zero attached hydrogens (tertiary/aromatic N) is 2. The second kappa shape index (κ2) is 19.8. The monoisotopic (exact) mass is 862 g/mol. The number of aryl methyl sites for hydroxylation is 1. The third kappa shape index (κ3) is 10.5. The van der Waals surface area contributed by atoms with Crippen molar-refractivity contribution < 1.29 is 36.6 Å². The zero-order valence-electron chi connectivity index (χ0n) is 37.6. The SMILES string of the molecule is COC(=O)CCCCCN1/C(=C/C=C2\CCCC(/C=C/C3=[N+](CCCCCC(=O)OC)c4ccc(C)cc4C3(C)C)=C2Nc2ccccc2)C(C)(C)c2cc(S(=O)(=O)O)ccc21. The molecule has 3 aromatic rings. The number of hydrogen-bond donors (Lipinski definition) is 2. The highest BCUT2D eigenvalue weighted by molar-refractivity contribution is 7.85. The summed E-state index contributed by atoms with van der Waals surface area (Å²) in [6, 6.07) is 21.9. The van der Waals surface area contributed by atoms with Gasteiger partial charge in [0.1, 0.15) is 6.54 Å². The third-order valence-corrected chi connectivity index (χ3v) is 13.5. The number of carbonyl (C=O) groups excluding carboxylic acids is 2. The maximum Gasteiger partial charge on any atom is 0.305 e. The van der Waals surface area contributed by atoms with Gasteiger partial charge in [0.05, 0.1) is 24.5 Å². The van der Waals surface area contributed by atoms with Crippen molar-refractivity contribution in [1.82, 2.24) is 0 Å². The summed E-state index contributed by atoms with van der Waals surface area (Å²) in [5.41, 5.74) is 11.5. The zero-order valence-corrected chi connectivity index (χ0v) is 38.4. The van der Waals surface area contributed by atoms with Crippen molar-refractivity contribution in [2.45, 2.75) is 121 Å². The van der Waals surface area contributed by atoms with Crippen molar-refractivity contribution in [1.29, 1.82) is 0 Å².